The molecule has 0 aromatic heterocycles. The van der Waals surface area contributed by atoms with Gasteiger partial charge in [0.2, 0.25) is 5.91 Å². The van der Waals surface area contributed by atoms with Crippen LogP contribution < -0.4 is 0 Å². The van der Waals surface area contributed by atoms with E-state index in [1.165, 1.54) is 17.0 Å². The number of ether oxygens (including phenoxy) is 1. The minimum Gasteiger partial charge on any atom is -0.479 e. The Kier molecular flexibility index (Phi) is 4.51. The Morgan fingerprint density at radius 3 is 2.64 bits per heavy atom. The molecule has 1 fully saturated rings. The van der Waals surface area contributed by atoms with Crippen LogP contribution in [0.5, 0.6) is 0 Å². The number of benzene rings is 1. The third kappa shape index (κ3) is 3.27. The molecule has 1 amide bonds. The van der Waals surface area contributed by atoms with Crippen molar-refractivity contribution in [3.63, 3.8) is 0 Å². The number of nitrogens with zero attached hydrogens (tertiary/aromatic N) is 1. The van der Waals surface area contributed by atoms with Crippen molar-refractivity contribution in [2.75, 3.05) is 13.1 Å². The SMILES string of the molecule is C[C@@H]1CN(C(=O)C(C)(C)c2cccc(F)c2)CC(C(=O)O)O1. The number of carboxylic acid groups (broad SMARTS) is 1. The normalized spacial score (nSPS) is 22.5. The number of halogens is 1. The average Bonchev–Trinajstić information content (AvgIpc) is 2.45. The third-order valence-corrected chi connectivity index (χ3v) is 3.90. The minimum atomic E-state index is -1.09. The van der Waals surface area contributed by atoms with Crippen LogP contribution in [-0.4, -0.2) is 47.2 Å². The summed E-state index contributed by atoms with van der Waals surface area (Å²) in [6.45, 7) is 5.46. The second-order valence-corrected chi connectivity index (χ2v) is 6.12. The van der Waals surface area contributed by atoms with Crippen LogP contribution in [0.4, 0.5) is 4.39 Å². The van der Waals surface area contributed by atoms with Crippen LogP contribution in [0, 0.1) is 5.82 Å². The summed E-state index contributed by atoms with van der Waals surface area (Å²) < 4.78 is 18.7. The maximum atomic E-state index is 13.4. The van der Waals surface area contributed by atoms with E-state index in [-0.39, 0.29) is 18.6 Å². The quantitative estimate of drug-likeness (QED) is 0.924. The van der Waals surface area contributed by atoms with Gasteiger partial charge in [-0.05, 0) is 38.5 Å². The van der Waals surface area contributed by atoms with Gasteiger partial charge >= 0.3 is 5.97 Å². The maximum Gasteiger partial charge on any atom is 0.334 e. The fourth-order valence-corrected chi connectivity index (χ4v) is 2.65. The molecule has 0 bridgehead atoms. The van der Waals surface area contributed by atoms with E-state index in [1.54, 1.807) is 32.9 Å². The Balaban J connectivity index is 2.23. The van der Waals surface area contributed by atoms with E-state index < -0.39 is 23.3 Å². The predicted molar refractivity (Wildman–Crippen MR) is 78.0 cm³/mol. The Hall–Kier alpha value is -1.95. The first-order chi connectivity index (χ1) is 10.2. The summed E-state index contributed by atoms with van der Waals surface area (Å²) in [5.41, 5.74) is -0.383. The first-order valence-electron chi connectivity index (χ1n) is 7.15. The number of hydrogen-bond acceptors (Lipinski definition) is 3. The summed E-state index contributed by atoms with van der Waals surface area (Å²) in [5, 5.41) is 9.10. The molecule has 0 saturated carbocycles. The van der Waals surface area contributed by atoms with Crippen LogP contribution >= 0.6 is 0 Å². The van der Waals surface area contributed by atoms with Crippen LogP contribution in [-0.2, 0) is 19.7 Å². The monoisotopic (exact) mass is 309 g/mol. The Labute approximate surface area is 128 Å². The molecular formula is C16H20FNO4. The lowest BCUT2D eigenvalue weighted by Gasteiger charge is -2.39. The maximum absolute atomic E-state index is 13.4. The van der Waals surface area contributed by atoms with Crippen LogP contribution in [0.25, 0.3) is 0 Å². The smallest absolute Gasteiger partial charge is 0.334 e. The summed E-state index contributed by atoms with van der Waals surface area (Å²) >= 11 is 0. The zero-order valence-corrected chi connectivity index (χ0v) is 12.9. The van der Waals surface area contributed by atoms with E-state index in [1.807, 2.05) is 0 Å². The molecule has 0 radical (unpaired) electrons. The molecule has 22 heavy (non-hydrogen) atoms. The Bertz CT molecular complexity index is 587. The number of carboxylic acids is 1. The number of morpholine rings is 1. The zero-order chi connectivity index (χ0) is 16.5. The molecule has 1 aromatic carbocycles. The van der Waals surface area contributed by atoms with Gasteiger partial charge in [-0.2, -0.15) is 0 Å². The van der Waals surface area contributed by atoms with E-state index >= 15 is 0 Å². The summed E-state index contributed by atoms with van der Waals surface area (Å²) in [7, 11) is 0. The highest BCUT2D eigenvalue weighted by Crippen LogP contribution is 2.28. The third-order valence-electron chi connectivity index (χ3n) is 3.90. The molecule has 0 spiro atoms. The lowest BCUT2D eigenvalue weighted by molar-refractivity contribution is -0.168. The molecule has 1 aliphatic rings. The van der Waals surface area contributed by atoms with E-state index in [2.05, 4.69) is 0 Å². The number of amides is 1. The number of rotatable bonds is 3. The van der Waals surface area contributed by atoms with Crippen molar-refractivity contribution in [3.05, 3.63) is 35.6 Å². The van der Waals surface area contributed by atoms with Crippen molar-refractivity contribution in [1.29, 1.82) is 0 Å². The van der Waals surface area contributed by atoms with Gasteiger partial charge in [-0.15, -0.1) is 0 Å². The van der Waals surface area contributed by atoms with Crippen molar-refractivity contribution in [2.45, 2.75) is 38.4 Å². The van der Waals surface area contributed by atoms with Crippen LogP contribution in [0.2, 0.25) is 0 Å². The van der Waals surface area contributed by atoms with E-state index in [4.69, 9.17) is 9.84 Å². The molecule has 5 nitrogen and oxygen atoms in total. The van der Waals surface area contributed by atoms with Gasteiger partial charge < -0.3 is 14.7 Å². The van der Waals surface area contributed by atoms with E-state index in [0.717, 1.165) is 0 Å². The first-order valence-corrected chi connectivity index (χ1v) is 7.15. The molecule has 120 valence electrons. The molecule has 1 saturated heterocycles. The molecular weight excluding hydrogens is 289 g/mol. The fourth-order valence-electron chi connectivity index (χ4n) is 2.65. The van der Waals surface area contributed by atoms with Gasteiger partial charge in [0.25, 0.3) is 0 Å². The number of carbonyl (C=O) groups excluding carboxylic acids is 1. The first kappa shape index (κ1) is 16.4. The Morgan fingerprint density at radius 1 is 1.36 bits per heavy atom. The van der Waals surface area contributed by atoms with Gasteiger partial charge in [0, 0.05) is 6.54 Å². The number of aliphatic carboxylic acids is 1. The van der Waals surface area contributed by atoms with Crippen molar-refractivity contribution < 1.29 is 23.8 Å². The van der Waals surface area contributed by atoms with E-state index in [0.29, 0.717) is 12.1 Å². The lowest BCUT2D eigenvalue weighted by atomic mass is 9.83. The molecule has 1 unspecified atom stereocenters. The van der Waals surface area contributed by atoms with Crippen molar-refractivity contribution in [1.82, 2.24) is 4.90 Å². The summed E-state index contributed by atoms with van der Waals surface area (Å²) in [6.07, 6.45) is -1.39. The lowest BCUT2D eigenvalue weighted by Crippen LogP contribution is -2.55. The van der Waals surface area contributed by atoms with Gasteiger partial charge in [-0.25, -0.2) is 9.18 Å². The molecule has 1 N–H and O–H groups in total. The van der Waals surface area contributed by atoms with Crippen LogP contribution in [0.3, 0.4) is 0 Å². The fraction of sp³-hybridized carbons (Fsp3) is 0.500. The average molecular weight is 309 g/mol. The highest BCUT2D eigenvalue weighted by Gasteiger charge is 2.39. The zero-order valence-electron chi connectivity index (χ0n) is 12.9. The standard InChI is InChI=1S/C16H20FNO4/c1-10-8-18(9-13(22-10)14(19)20)15(21)16(2,3)11-5-4-6-12(17)7-11/h4-7,10,13H,8-9H2,1-3H3,(H,19,20)/t10-,13?/m1/s1. The summed E-state index contributed by atoms with van der Waals surface area (Å²) in [6, 6.07) is 5.90. The highest BCUT2D eigenvalue weighted by atomic mass is 19.1. The summed E-state index contributed by atoms with van der Waals surface area (Å²) in [5.74, 6) is -1.73. The van der Waals surface area contributed by atoms with E-state index in [9.17, 15) is 14.0 Å². The molecule has 1 aliphatic heterocycles. The molecule has 0 aliphatic carbocycles. The van der Waals surface area contributed by atoms with Gasteiger partial charge in [0.05, 0.1) is 18.1 Å². The number of carbonyl (C=O) groups is 2. The van der Waals surface area contributed by atoms with Crippen molar-refractivity contribution in [3.8, 4) is 0 Å². The summed E-state index contributed by atoms with van der Waals surface area (Å²) in [4.78, 5) is 25.4. The van der Waals surface area contributed by atoms with Gasteiger partial charge in [-0.3, -0.25) is 4.79 Å². The van der Waals surface area contributed by atoms with Crippen molar-refractivity contribution in [2.24, 2.45) is 0 Å². The van der Waals surface area contributed by atoms with Gasteiger partial charge in [-0.1, -0.05) is 12.1 Å². The predicted octanol–water partition coefficient (Wildman–Crippen LogP) is 1.80. The van der Waals surface area contributed by atoms with Crippen LogP contribution in [0.15, 0.2) is 24.3 Å². The molecule has 1 aromatic rings. The largest absolute Gasteiger partial charge is 0.479 e. The van der Waals surface area contributed by atoms with Crippen molar-refractivity contribution >= 4 is 11.9 Å². The second kappa shape index (κ2) is 6.04. The topological polar surface area (TPSA) is 66.8 Å². The minimum absolute atomic E-state index is 0.00273. The van der Waals surface area contributed by atoms with Crippen LogP contribution in [0.1, 0.15) is 26.3 Å². The highest BCUT2D eigenvalue weighted by molar-refractivity contribution is 5.88. The molecule has 1 heterocycles. The van der Waals surface area contributed by atoms with Gasteiger partial charge in [0.15, 0.2) is 6.10 Å². The molecule has 2 atom stereocenters. The molecule has 6 heteroatoms. The number of hydrogen-bond donors (Lipinski definition) is 1. The second-order valence-electron chi connectivity index (χ2n) is 6.12. The van der Waals surface area contributed by atoms with Gasteiger partial charge in [0.1, 0.15) is 5.82 Å². The molecule has 2 rings (SSSR count). The Morgan fingerprint density at radius 2 is 2.05 bits per heavy atom.